The van der Waals surface area contributed by atoms with E-state index in [0.29, 0.717) is 18.9 Å². The topological polar surface area (TPSA) is 105 Å². The van der Waals surface area contributed by atoms with Crippen LogP contribution in [0.25, 0.3) is 0 Å². The van der Waals surface area contributed by atoms with Crippen molar-refractivity contribution in [1.82, 2.24) is 9.80 Å². The lowest BCUT2D eigenvalue weighted by Crippen LogP contribution is -2.62. The second-order valence-corrected chi connectivity index (χ2v) is 9.89. The molecule has 0 aliphatic carbocycles. The molecule has 3 amide bonds. The molecule has 35 heavy (non-hydrogen) atoms. The SMILES string of the molecule is CC(C)(C)OC(=O)N1CC[C@H](C(N)=O)[C@@H](N2CCCC(Nc3cc(F)cc(C(F)(F)F)c3)C2=O)C1. The smallest absolute Gasteiger partial charge is 0.416 e. The van der Waals surface area contributed by atoms with Gasteiger partial charge in [-0.05, 0) is 58.2 Å². The number of nitrogens with two attached hydrogens (primary N) is 1. The highest BCUT2D eigenvalue weighted by atomic mass is 19.4. The maximum Gasteiger partial charge on any atom is 0.416 e. The number of halogens is 4. The molecule has 1 aromatic rings. The molecule has 194 valence electrons. The fourth-order valence-corrected chi connectivity index (χ4v) is 4.47. The average Bonchev–Trinajstić information content (AvgIpc) is 2.72. The van der Waals surface area contributed by atoms with Gasteiger partial charge in [-0.1, -0.05) is 0 Å². The summed E-state index contributed by atoms with van der Waals surface area (Å²) in [6.45, 7) is 5.70. The van der Waals surface area contributed by atoms with Crippen molar-refractivity contribution < 1.29 is 36.7 Å². The maximum atomic E-state index is 13.8. The molecule has 3 N–H and O–H groups in total. The van der Waals surface area contributed by atoms with Crippen LogP contribution < -0.4 is 11.1 Å². The Kier molecular flexibility index (Phi) is 7.51. The van der Waals surface area contributed by atoms with Gasteiger partial charge >= 0.3 is 12.3 Å². The largest absolute Gasteiger partial charge is 0.444 e. The van der Waals surface area contributed by atoms with Crippen molar-refractivity contribution in [2.75, 3.05) is 25.0 Å². The van der Waals surface area contributed by atoms with Crippen molar-refractivity contribution >= 4 is 23.6 Å². The van der Waals surface area contributed by atoms with E-state index >= 15 is 0 Å². The predicted octanol–water partition coefficient (Wildman–Crippen LogP) is 3.36. The Hall–Kier alpha value is -3.05. The number of nitrogens with one attached hydrogen (secondary N) is 1. The molecule has 0 spiro atoms. The Morgan fingerprint density at radius 1 is 1.11 bits per heavy atom. The summed E-state index contributed by atoms with van der Waals surface area (Å²) in [5.74, 6) is -2.86. The molecule has 0 aromatic heterocycles. The quantitative estimate of drug-likeness (QED) is 0.615. The minimum Gasteiger partial charge on any atom is -0.444 e. The summed E-state index contributed by atoms with van der Waals surface area (Å²) in [7, 11) is 0. The van der Waals surface area contributed by atoms with Gasteiger partial charge in [0.25, 0.3) is 0 Å². The van der Waals surface area contributed by atoms with Crippen LogP contribution in [0, 0.1) is 11.7 Å². The van der Waals surface area contributed by atoms with Crippen molar-refractivity contribution in [3.63, 3.8) is 0 Å². The van der Waals surface area contributed by atoms with Gasteiger partial charge in [-0.2, -0.15) is 13.2 Å². The van der Waals surface area contributed by atoms with E-state index in [9.17, 15) is 31.9 Å². The minimum absolute atomic E-state index is 0.0270. The zero-order valence-electron chi connectivity index (χ0n) is 19.8. The highest BCUT2D eigenvalue weighted by Crippen LogP contribution is 2.33. The van der Waals surface area contributed by atoms with Gasteiger partial charge in [0.2, 0.25) is 11.8 Å². The normalized spacial score (nSPS) is 23.7. The lowest BCUT2D eigenvalue weighted by molar-refractivity contribution is -0.142. The Balaban J connectivity index is 1.80. The number of benzene rings is 1. The van der Waals surface area contributed by atoms with Crippen LogP contribution in [0.2, 0.25) is 0 Å². The third-order valence-electron chi connectivity index (χ3n) is 6.04. The third kappa shape index (κ3) is 6.55. The second kappa shape index (κ2) is 9.90. The van der Waals surface area contributed by atoms with Crippen LogP contribution in [0.5, 0.6) is 0 Å². The van der Waals surface area contributed by atoms with Crippen molar-refractivity contribution in [2.45, 2.75) is 63.9 Å². The number of nitrogens with zero attached hydrogens (tertiary/aromatic N) is 2. The molecule has 0 saturated carbocycles. The predicted molar refractivity (Wildman–Crippen MR) is 119 cm³/mol. The fraction of sp³-hybridized carbons (Fsp3) is 0.609. The van der Waals surface area contributed by atoms with Crippen molar-refractivity contribution in [3.05, 3.63) is 29.6 Å². The van der Waals surface area contributed by atoms with Gasteiger partial charge in [0, 0.05) is 25.3 Å². The first-order valence-electron chi connectivity index (χ1n) is 11.4. The van der Waals surface area contributed by atoms with Gasteiger partial charge < -0.3 is 25.6 Å². The van der Waals surface area contributed by atoms with Gasteiger partial charge in [-0.3, -0.25) is 9.59 Å². The van der Waals surface area contributed by atoms with Crippen molar-refractivity contribution in [3.8, 4) is 0 Å². The lowest BCUT2D eigenvalue weighted by Gasteiger charge is -2.45. The first-order chi connectivity index (χ1) is 16.2. The molecular weight excluding hydrogens is 472 g/mol. The summed E-state index contributed by atoms with van der Waals surface area (Å²) in [5, 5.41) is 2.71. The van der Waals surface area contributed by atoms with Crippen LogP contribution in [0.15, 0.2) is 18.2 Å². The number of alkyl halides is 3. The number of carbonyl (C=O) groups excluding carboxylic acids is 3. The maximum absolute atomic E-state index is 13.8. The van der Waals surface area contributed by atoms with E-state index in [1.54, 1.807) is 20.8 Å². The lowest BCUT2D eigenvalue weighted by atomic mass is 9.88. The summed E-state index contributed by atoms with van der Waals surface area (Å²) >= 11 is 0. The van der Waals surface area contributed by atoms with Gasteiger partial charge in [0.05, 0.1) is 17.5 Å². The number of hydrogen-bond donors (Lipinski definition) is 2. The summed E-state index contributed by atoms with van der Waals surface area (Å²) in [6, 6.07) is 0.358. The summed E-state index contributed by atoms with van der Waals surface area (Å²) in [5.41, 5.74) is 3.51. The number of likely N-dealkylation sites (tertiary alicyclic amines) is 2. The molecule has 1 aromatic carbocycles. The van der Waals surface area contributed by atoms with Crippen LogP contribution in [-0.2, 0) is 20.5 Å². The average molecular weight is 503 g/mol. The van der Waals surface area contributed by atoms with E-state index in [1.807, 2.05) is 0 Å². The highest BCUT2D eigenvalue weighted by molar-refractivity contribution is 5.87. The van der Waals surface area contributed by atoms with Crippen LogP contribution in [0.4, 0.5) is 28.0 Å². The zero-order chi connectivity index (χ0) is 26.1. The Morgan fingerprint density at radius 2 is 1.80 bits per heavy atom. The molecule has 0 radical (unpaired) electrons. The van der Waals surface area contributed by atoms with Crippen LogP contribution in [0.1, 0.15) is 45.6 Å². The number of hydrogen-bond acceptors (Lipinski definition) is 5. The number of carbonyl (C=O) groups is 3. The first-order valence-corrected chi connectivity index (χ1v) is 11.4. The molecule has 2 aliphatic rings. The first kappa shape index (κ1) is 26.6. The summed E-state index contributed by atoms with van der Waals surface area (Å²) < 4.78 is 58.5. The molecule has 1 unspecified atom stereocenters. The van der Waals surface area contributed by atoms with Gasteiger partial charge in [0.15, 0.2) is 0 Å². The van der Waals surface area contributed by atoms with Gasteiger partial charge in [0.1, 0.15) is 17.5 Å². The third-order valence-corrected chi connectivity index (χ3v) is 6.04. The van der Waals surface area contributed by atoms with Crippen LogP contribution >= 0.6 is 0 Å². The molecule has 3 rings (SSSR count). The van der Waals surface area contributed by atoms with Gasteiger partial charge in [-0.25, -0.2) is 9.18 Å². The van der Waals surface area contributed by atoms with E-state index in [2.05, 4.69) is 5.32 Å². The molecule has 8 nitrogen and oxygen atoms in total. The van der Waals surface area contributed by atoms with Crippen LogP contribution in [0.3, 0.4) is 0 Å². The molecule has 12 heteroatoms. The molecule has 0 bridgehead atoms. The van der Waals surface area contributed by atoms with E-state index in [-0.39, 0.29) is 31.7 Å². The molecule has 3 atom stereocenters. The van der Waals surface area contributed by atoms with Crippen LogP contribution in [-0.4, -0.2) is 65.0 Å². The molecule has 2 aliphatic heterocycles. The minimum atomic E-state index is -4.75. The Bertz CT molecular complexity index is 979. The highest BCUT2D eigenvalue weighted by Gasteiger charge is 2.43. The molecule has 2 heterocycles. The number of rotatable bonds is 4. The van der Waals surface area contributed by atoms with E-state index < -0.39 is 59.1 Å². The monoisotopic (exact) mass is 502 g/mol. The number of ether oxygens (including phenoxy) is 1. The number of amides is 3. The fourth-order valence-electron chi connectivity index (χ4n) is 4.47. The molecule has 2 fully saturated rings. The van der Waals surface area contributed by atoms with Gasteiger partial charge in [-0.15, -0.1) is 0 Å². The number of anilines is 1. The molecular formula is C23H30F4N4O4. The standard InChI is InChI=1S/C23H30F4N4O4/c1-22(2,3)35-21(34)30-8-6-16(19(28)32)18(12-30)31-7-4-5-17(20(31)33)29-15-10-13(23(25,26)27)9-14(24)11-15/h9-11,16-18,29H,4-8,12H2,1-3H3,(H2,28,32)/t16-,17?,18-/m0/s1. The zero-order valence-corrected chi connectivity index (χ0v) is 19.8. The molecule has 2 saturated heterocycles. The summed E-state index contributed by atoms with van der Waals surface area (Å²) in [4.78, 5) is 40.9. The second-order valence-electron chi connectivity index (χ2n) is 9.89. The van der Waals surface area contributed by atoms with Crippen molar-refractivity contribution in [1.29, 1.82) is 0 Å². The Labute approximate surface area is 200 Å². The summed E-state index contributed by atoms with van der Waals surface area (Å²) in [6.07, 6.45) is -4.30. The van der Waals surface area contributed by atoms with Crippen molar-refractivity contribution in [2.24, 2.45) is 11.7 Å². The van der Waals surface area contributed by atoms with E-state index in [0.717, 1.165) is 12.1 Å². The van der Waals surface area contributed by atoms with E-state index in [1.165, 1.54) is 9.80 Å². The van der Waals surface area contributed by atoms with E-state index in [4.69, 9.17) is 10.5 Å². The number of piperidine rings is 2. The Morgan fingerprint density at radius 3 is 2.40 bits per heavy atom. The number of primary amides is 1.